The first-order valence-electron chi connectivity index (χ1n) is 4.72. The molecule has 1 aromatic carbocycles. The lowest BCUT2D eigenvalue weighted by Gasteiger charge is -2.13. The van der Waals surface area contributed by atoms with E-state index in [0.717, 1.165) is 12.1 Å². The van der Waals surface area contributed by atoms with Gasteiger partial charge in [-0.25, -0.2) is 0 Å². The highest BCUT2D eigenvalue weighted by molar-refractivity contribution is 9.10. The quantitative estimate of drug-likeness (QED) is 0.895. The smallest absolute Gasteiger partial charge is 0.416 e. The topological polar surface area (TPSA) is 55.5 Å². The fraction of sp³-hybridized carbons (Fsp3) is 0.400. The molecule has 0 aliphatic carbocycles. The molecule has 0 fully saturated rings. The Morgan fingerprint density at radius 2 is 2.06 bits per heavy atom. The van der Waals surface area contributed by atoms with Crippen LogP contribution in [0.4, 0.5) is 13.2 Å². The number of halogens is 4. The van der Waals surface area contributed by atoms with Gasteiger partial charge in [0.1, 0.15) is 18.5 Å². The summed E-state index contributed by atoms with van der Waals surface area (Å²) in [6.45, 7) is -0.174. The number of benzene rings is 1. The monoisotopic (exact) mass is 313 g/mol. The fourth-order valence-electron chi connectivity index (χ4n) is 1.04. The average Bonchev–Trinajstić information content (AvgIpc) is 2.26. The largest absolute Gasteiger partial charge is 0.490 e. The summed E-state index contributed by atoms with van der Waals surface area (Å²) in [6, 6.07) is 3.05. The molecule has 0 saturated carbocycles. The van der Waals surface area contributed by atoms with Crippen molar-refractivity contribution in [3.63, 3.8) is 0 Å². The summed E-state index contributed by atoms with van der Waals surface area (Å²) in [5.41, 5.74) is 4.34. The Bertz CT molecular complexity index is 384. The fourth-order valence-corrected chi connectivity index (χ4v) is 1.41. The minimum atomic E-state index is -4.43. The van der Waals surface area contributed by atoms with E-state index < -0.39 is 17.8 Å². The summed E-state index contributed by atoms with van der Waals surface area (Å²) < 4.78 is 42.7. The van der Waals surface area contributed by atoms with Crippen LogP contribution in [-0.2, 0) is 6.18 Å². The van der Waals surface area contributed by atoms with Crippen LogP contribution in [0.25, 0.3) is 0 Å². The first kappa shape index (κ1) is 14.3. The van der Waals surface area contributed by atoms with E-state index in [-0.39, 0.29) is 18.9 Å². The van der Waals surface area contributed by atoms with Gasteiger partial charge in [-0.3, -0.25) is 0 Å². The Morgan fingerprint density at radius 3 is 2.59 bits per heavy atom. The van der Waals surface area contributed by atoms with Gasteiger partial charge in [0.2, 0.25) is 0 Å². The third kappa shape index (κ3) is 4.18. The van der Waals surface area contributed by atoms with Gasteiger partial charge in [0.15, 0.2) is 0 Å². The van der Waals surface area contributed by atoms with E-state index in [9.17, 15) is 13.2 Å². The van der Waals surface area contributed by atoms with Gasteiger partial charge in [-0.2, -0.15) is 13.2 Å². The molecule has 7 heteroatoms. The molecule has 1 atom stereocenters. The van der Waals surface area contributed by atoms with Crippen molar-refractivity contribution in [2.75, 3.05) is 13.2 Å². The molecule has 0 unspecified atom stereocenters. The lowest BCUT2D eigenvalue weighted by molar-refractivity contribution is -0.137. The van der Waals surface area contributed by atoms with Crippen molar-refractivity contribution in [1.29, 1.82) is 0 Å². The highest BCUT2D eigenvalue weighted by Crippen LogP contribution is 2.35. The molecule has 0 heterocycles. The predicted octanol–water partition coefficient (Wildman–Crippen LogP) is 2.17. The summed E-state index contributed by atoms with van der Waals surface area (Å²) in [4.78, 5) is 0. The molecule has 0 bridgehead atoms. The SMILES string of the molecule is NC[C@@H](O)COc1cc(C(F)(F)F)ccc1Br. The zero-order valence-electron chi connectivity index (χ0n) is 8.67. The van der Waals surface area contributed by atoms with Gasteiger partial charge < -0.3 is 15.6 Å². The van der Waals surface area contributed by atoms with Crippen molar-refractivity contribution in [2.24, 2.45) is 5.73 Å². The molecular weight excluding hydrogens is 303 g/mol. The molecule has 3 N–H and O–H groups in total. The first-order chi connectivity index (χ1) is 7.84. The van der Waals surface area contributed by atoms with E-state index >= 15 is 0 Å². The number of alkyl halides is 3. The lowest BCUT2D eigenvalue weighted by atomic mass is 10.2. The summed E-state index contributed by atoms with van der Waals surface area (Å²) in [5.74, 6) is 0.0207. The highest BCUT2D eigenvalue weighted by Gasteiger charge is 2.31. The third-order valence-corrected chi connectivity index (χ3v) is 2.62. The van der Waals surface area contributed by atoms with Gasteiger partial charge in [0, 0.05) is 6.54 Å². The maximum atomic E-state index is 12.4. The van der Waals surface area contributed by atoms with Crippen LogP contribution in [0.15, 0.2) is 22.7 Å². The van der Waals surface area contributed by atoms with Crippen molar-refractivity contribution >= 4 is 15.9 Å². The minimum Gasteiger partial charge on any atom is -0.490 e. The predicted molar refractivity (Wildman–Crippen MR) is 59.7 cm³/mol. The molecule has 0 amide bonds. The Balaban J connectivity index is 2.84. The second kappa shape index (κ2) is 5.70. The normalized spacial score (nSPS) is 13.5. The number of aliphatic hydroxyl groups is 1. The molecule has 17 heavy (non-hydrogen) atoms. The van der Waals surface area contributed by atoms with Crippen LogP contribution in [-0.4, -0.2) is 24.4 Å². The second-order valence-corrected chi connectivity index (χ2v) is 4.20. The maximum absolute atomic E-state index is 12.4. The van der Waals surface area contributed by atoms with Crippen LogP contribution in [0.5, 0.6) is 5.75 Å². The second-order valence-electron chi connectivity index (χ2n) is 3.34. The maximum Gasteiger partial charge on any atom is 0.416 e. The summed E-state index contributed by atoms with van der Waals surface area (Å²) in [7, 11) is 0. The van der Waals surface area contributed by atoms with Crippen molar-refractivity contribution in [1.82, 2.24) is 0 Å². The zero-order valence-corrected chi connectivity index (χ0v) is 10.3. The van der Waals surface area contributed by atoms with Crippen molar-refractivity contribution in [3.05, 3.63) is 28.2 Å². The highest BCUT2D eigenvalue weighted by atomic mass is 79.9. The number of ether oxygens (including phenoxy) is 1. The van der Waals surface area contributed by atoms with Crippen molar-refractivity contribution in [3.8, 4) is 5.75 Å². The van der Waals surface area contributed by atoms with E-state index in [1.165, 1.54) is 6.07 Å². The number of hydrogen-bond acceptors (Lipinski definition) is 3. The lowest BCUT2D eigenvalue weighted by Crippen LogP contribution is -2.26. The Morgan fingerprint density at radius 1 is 1.41 bits per heavy atom. The molecule has 0 saturated heterocycles. The minimum absolute atomic E-state index is 0.0173. The Hall–Kier alpha value is -0.790. The van der Waals surface area contributed by atoms with Crippen LogP contribution in [0.2, 0.25) is 0 Å². The molecule has 3 nitrogen and oxygen atoms in total. The molecule has 0 radical (unpaired) electrons. The summed E-state index contributed by atoms with van der Waals surface area (Å²) in [6.07, 6.45) is -5.33. The molecule has 1 rings (SSSR count). The zero-order chi connectivity index (χ0) is 13.1. The van der Waals surface area contributed by atoms with Gasteiger partial charge >= 0.3 is 6.18 Å². The average molecular weight is 314 g/mol. The van der Waals surface area contributed by atoms with Crippen LogP contribution >= 0.6 is 15.9 Å². The van der Waals surface area contributed by atoms with Crippen molar-refractivity contribution in [2.45, 2.75) is 12.3 Å². The number of hydrogen-bond donors (Lipinski definition) is 2. The summed E-state index contributed by atoms with van der Waals surface area (Å²) >= 11 is 3.06. The van der Waals surface area contributed by atoms with Gasteiger partial charge in [-0.15, -0.1) is 0 Å². The van der Waals surface area contributed by atoms with Crippen LogP contribution in [0.3, 0.4) is 0 Å². The molecule has 0 aliphatic rings. The molecule has 0 aromatic heterocycles. The first-order valence-corrected chi connectivity index (χ1v) is 5.51. The molecule has 0 aliphatic heterocycles. The number of rotatable bonds is 4. The van der Waals surface area contributed by atoms with E-state index in [1.807, 2.05) is 0 Å². The van der Waals surface area contributed by atoms with E-state index in [4.69, 9.17) is 15.6 Å². The van der Waals surface area contributed by atoms with Gasteiger partial charge in [-0.05, 0) is 34.1 Å². The van der Waals surface area contributed by atoms with Gasteiger partial charge in [0.25, 0.3) is 0 Å². The third-order valence-electron chi connectivity index (χ3n) is 1.96. The molecule has 96 valence electrons. The van der Waals surface area contributed by atoms with Crippen molar-refractivity contribution < 1.29 is 23.0 Å². The number of nitrogens with two attached hydrogens (primary N) is 1. The Kier molecular flexibility index (Phi) is 4.79. The van der Waals surface area contributed by atoms with Gasteiger partial charge in [-0.1, -0.05) is 0 Å². The van der Waals surface area contributed by atoms with E-state index in [1.54, 1.807) is 0 Å². The van der Waals surface area contributed by atoms with Crippen LogP contribution in [0, 0.1) is 0 Å². The molecule has 0 spiro atoms. The Labute approximate surface area is 105 Å². The van der Waals surface area contributed by atoms with E-state index in [0.29, 0.717) is 4.47 Å². The van der Waals surface area contributed by atoms with Crippen LogP contribution in [0.1, 0.15) is 5.56 Å². The number of aliphatic hydroxyl groups excluding tert-OH is 1. The standard InChI is InChI=1S/C10H11BrF3NO2/c11-8-2-1-6(10(12,13)14)3-9(8)17-5-7(16)4-15/h1-3,7,16H,4-5,15H2/t7-/m1/s1. The molecule has 1 aromatic rings. The van der Waals surface area contributed by atoms with Crippen LogP contribution < -0.4 is 10.5 Å². The van der Waals surface area contributed by atoms with Gasteiger partial charge in [0.05, 0.1) is 10.0 Å². The summed E-state index contributed by atoms with van der Waals surface area (Å²) in [5, 5.41) is 9.15. The van der Waals surface area contributed by atoms with E-state index in [2.05, 4.69) is 15.9 Å². The molecular formula is C10H11BrF3NO2.